The summed E-state index contributed by atoms with van der Waals surface area (Å²) in [4.78, 5) is 18.3. The monoisotopic (exact) mass is 351 g/mol. The molecule has 0 radical (unpaired) electrons. The van der Waals surface area contributed by atoms with Gasteiger partial charge in [-0.05, 0) is 48.4 Å². The third-order valence-electron chi connectivity index (χ3n) is 4.51. The summed E-state index contributed by atoms with van der Waals surface area (Å²) < 4.78 is 13.1. The molecule has 0 unspecified atom stereocenters. The zero-order chi connectivity index (χ0) is 17.9. The smallest absolute Gasteiger partial charge is 0.251 e. The van der Waals surface area contributed by atoms with Gasteiger partial charge in [-0.3, -0.25) is 14.9 Å². The molecule has 2 aromatic heterocycles. The fourth-order valence-corrected chi connectivity index (χ4v) is 3.11. The number of anilines is 1. The summed E-state index contributed by atoms with van der Waals surface area (Å²) in [7, 11) is 0. The fourth-order valence-electron chi connectivity index (χ4n) is 3.11. The van der Waals surface area contributed by atoms with Crippen molar-refractivity contribution in [3.05, 3.63) is 66.2 Å². The molecule has 2 N–H and O–H groups in total. The van der Waals surface area contributed by atoms with Gasteiger partial charge in [-0.25, -0.2) is 4.39 Å². The van der Waals surface area contributed by atoms with E-state index in [4.69, 9.17) is 0 Å². The van der Waals surface area contributed by atoms with Crippen molar-refractivity contribution >= 4 is 11.7 Å². The van der Waals surface area contributed by atoms with Crippen molar-refractivity contribution in [2.24, 2.45) is 0 Å². The van der Waals surface area contributed by atoms with Crippen molar-refractivity contribution in [1.29, 1.82) is 0 Å². The molecule has 3 aromatic rings. The summed E-state index contributed by atoms with van der Waals surface area (Å²) in [6, 6.07) is 11.7. The molecule has 1 atom stereocenters. The zero-order valence-electron chi connectivity index (χ0n) is 14.0. The van der Waals surface area contributed by atoms with Gasteiger partial charge in [0, 0.05) is 43.2 Å². The van der Waals surface area contributed by atoms with Gasteiger partial charge < -0.3 is 10.2 Å². The Morgan fingerprint density at radius 2 is 1.96 bits per heavy atom. The van der Waals surface area contributed by atoms with Gasteiger partial charge in [0.1, 0.15) is 5.82 Å². The van der Waals surface area contributed by atoms with Crippen LogP contribution in [0.1, 0.15) is 16.8 Å². The van der Waals surface area contributed by atoms with Crippen LogP contribution in [-0.2, 0) is 0 Å². The number of rotatable bonds is 4. The van der Waals surface area contributed by atoms with Gasteiger partial charge in [-0.2, -0.15) is 5.10 Å². The number of carbonyl (C=O) groups is 1. The van der Waals surface area contributed by atoms with Crippen LogP contribution in [0.3, 0.4) is 0 Å². The molecule has 26 heavy (non-hydrogen) atoms. The first-order chi connectivity index (χ1) is 12.7. The molecular weight excluding hydrogens is 333 g/mol. The lowest BCUT2D eigenvalue weighted by atomic mass is 10.1. The van der Waals surface area contributed by atoms with E-state index in [1.807, 2.05) is 6.07 Å². The molecule has 6 nitrogen and oxygen atoms in total. The minimum Gasteiger partial charge on any atom is -0.353 e. The number of hydrogen-bond acceptors (Lipinski definition) is 4. The maximum atomic E-state index is 13.1. The van der Waals surface area contributed by atoms with Crippen LogP contribution in [-0.4, -0.2) is 40.2 Å². The normalized spacial score (nSPS) is 16.7. The topological polar surface area (TPSA) is 73.9 Å². The number of pyridine rings is 1. The summed E-state index contributed by atoms with van der Waals surface area (Å²) in [5, 5.41) is 10.4. The van der Waals surface area contributed by atoms with Crippen molar-refractivity contribution in [3.63, 3.8) is 0 Å². The molecule has 0 aliphatic carbocycles. The van der Waals surface area contributed by atoms with Crippen molar-refractivity contribution in [3.8, 4) is 11.3 Å². The highest BCUT2D eigenvalue weighted by molar-refractivity contribution is 5.94. The largest absolute Gasteiger partial charge is 0.353 e. The summed E-state index contributed by atoms with van der Waals surface area (Å²) in [6.07, 6.45) is 4.07. The van der Waals surface area contributed by atoms with E-state index in [0.717, 1.165) is 30.0 Å². The van der Waals surface area contributed by atoms with E-state index in [0.29, 0.717) is 12.1 Å². The molecule has 0 bridgehead atoms. The van der Waals surface area contributed by atoms with Crippen LogP contribution < -0.4 is 10.2 Å². The summed E-state index contributed by atoms with van der Waals surface area (Å²) in [5.41, 5.74) is 2.33. The number of aromatic nitrogens is 3. The minimum absolute atomic E-state index is 0.0710. The molecule has 3 heterocycles. The van der Waals surface area contributed by atoms with Gasteiger partial charge in [0.25, 0.3) is 5.91 Å². The average molecular weight is 351 g/mol. The minimum atomic E-state index is -0.263. The van der Waals surface area contributed by atoms with Crippen LogP contribution >= 0.6 is 0 Å². The number of benzene rings is 1. The first-order valence-corrected chi connectivity index (χ1v) is 8.46. The van der Waals surface area contributed by atoms with Gasteiger partial charge >= 0.3 is 0 Å². The first kappa shape index (κ1) is 16.3. The van der Waals surface area contributed by atoms with Gasteiger partial charge in [0.05, 0.1) is 5.69 Å². The lowest BCUT2D eigenvalue weighted by Crippen LogP contribution is -2.37. The van der Waals surface area contributed by atoms with Gasteiger partial charge in [-0.1, -0.05) is 0 Å². The molecule has 7 heteroatoms. The standard InChI is InChI=1S/C19H18FN5O/c20-15-3-1-13(2-4-15)17-11-18(24-23-17)25-10-7-16(12-25)22-19(26)14-5-8-21-9-6-14/h1-6,8-9,11,16H,7,10,12H2,(H,22,26)(H,23,24)/t16-/m1/s1. The zero-order valence-corrected chi connectivity index (χ0v) is 14.0. The molecular formula is C19H18FN5O. The van der Waals surface area contributed by atoms with E-state index in [9.17, 15) is 9.18 Å². The second kappa shape index (κ2) is 6.95. The van der Waals surface area contributed by atoms with Gasteiger partial charge in [0.2, 0.25) is 0 Å². The van der Waals surface area contributed by atoms with Crippen LogP contribution in [0, 0.1) is 5.82 Å². The Labute approximate surface area is 150 Å². The quantitative estimate of drug-likeness (QED) is 0.758. The lowest BCUT2D eigenvalue weighted by molar-refractivity contribution is 0.0940. The summed E-state index contributed by atoms with van der Waals surface area (Å²) >= 11 is 0. The Hall–Kier alpha value is -3.22. The number of hydrogen-bond donors (Lipinski definition) is 2. The van der Waals surface area contributed by atoms with Gasteiger partial charge in [-0.15, -0.1) is 0 Å². The lowest BCUT2D eigenvalue weighted by Gasteiger charge is -2.16. The van der Waals surface area contributed by atoms with E-state index in [1.54, 1.807) is 36.7 Å². The molecule has 1 aliphatic rings. The second-order valence-electron chi connectivity index (χ2n) is 6.29. The fraction of sp³-hybridized carbons (Fsp3) is 0.211. The molecule has 0 saturated carbocycles. The first-order valence-electron chi connectivity index (χ1n) is 8.46. The Bertz CT molecular complexity index is 894. The van der Waals surface area contributed by atoms with Crippen molar-refractivity contribution in [2.45, 2.75) is 12.5 Å². The highest BCUT2D eigenvalue weighted by Gasteiger charge is 2.26. The molecule has 1 aliphatic heterocycles. The summed E-state index contributed by atoms with van der Waals surface area (Å²) in [5.74, 6) is 0.471. The second-order valence-corrected chi connectivity index (χ2v) is 6.29. The van der Waals surface area contributed by atoms with Crippen molar-refractivity contribution < 1.29 is 9.18 Å². The average Bonchev–Trinajstić information content (AvgIpc) is 3.32. The molecule has 132 valence electrons. The maximum absolute atomic E-state index is 13.1. The van der Waals surface area contributed by atoms with E-state index >= 15 is 0 Å². The Morgan fingerprint density at radius 3 is 2.73 bits per heavy atom. The Kier molecular flexibility index (Phi) is 4.35. The molecule has 1 aromatic carbocycles. The third-order valence-corrected chi connectivity index (χ3v) is 4.51. The molecule has 0 spiro atoms. The predicted molar refractivity (Wildman–Crippen MR) is 96.3 cm³/mol. The van der Waals surface area contributed by atoms with E-state index < -0.39 is 0 Å². The third kappa shape index (κ3) is 3.42. The van der Waals surface area contributed by atoms with Crippen LogP contribution in [0.2, 0.25) is 0 Å². The number of amides is 1. The molecule has 1 amide bonds. The van der Waals surface area contributed by atoms with Crippen molar-refractivity contribution in [1.82, 2.24) is 20.5 Å². The number of nitrogens with zero attached hydrogens (tertiary/aromatic N) is 3. The van der Waals surface area contributed by atoms with Crippen LogP contribution in [0.4, 0.5) is 10.2 Å². The highest BCUT2D eigenvalue weighted by atomic mass is 19.1. The molecule has 1 saturated heterocycles. The highest BCUT2D eigenvalue weighted by Crippen LogP contribution is 2.24. The number of nitrogens with one attached hydrogen (secondary N) is 2. The molecule has 1 fully saturated rings. The van der Waals surface area contributed by atoms with Crippen LogP contribution in [0.15, 0.2) is 54.9 Å². The summed E-state index contributed by atoms with van der Waals surface area (Å²) in [6.45, 7) is 1.51. The molecule has 4 rings (SSSR count). The predicted octanol–water partition coefficient (Wildman–Crippen LogP) is 2.62. The van der Waals surface area contributed by atoms with Gasteiger partial charge in [0.15, 0.2) is 5.82 Å². The number of aromatic amines is 1. The van der Waals surface area contributed by atoms with Crippen molar-refractivity contribution in [2.75, 3.05) is 18.0 Å². The number of halogens is 1. The number of H-pyrrole nitrogens is 1. The van der Waals surface area contributed by atoms with Crippen LogP contribution in [0.5, 0.6) is 0 Å². The number of carbonyl (C=O) groups excluding carboxylic acids is 1. The van der Waals surface area contributed by atoms with E-state index in [1.165, 1.54) is 12.1 Å². The SMILES string of the molecule is O=C(N[C@@H]1CCN(c2cc(-c3ccc(F)cc3)[nH]n2)C1)c1ccncc1. The Balaban J connectivity index is 1.40. The maximum Gasteiger partial charge on any atom is 0.251 e. The Morgan fingerprint density at radius 1 is 1.19 bits per heavy atom. The van der Waals surface area contributed by atoms with E-state index in [-0.39, 0.29) is 17.8 Å². The van der Waals surface area contributed by atoms with Crippen LogP contribution in [0.25, 0.3) is 11.3 Å². The van der Waals surface area contributed by atoms with E-state index in [2.05, 4.69) is 25.4 Å².